The molecule has 76 valence electrons. The Morgan fingerprint density at radius 1 is 1.38 bits per heavy atom. The standard InChI is InChI=1S/C7H13NO5/c1-3-13-8-5(7(11)12)4(2)6(9)10/h4-5,8H,3H2,1-2H3,(H,9,10)(H,11,12)/p-2. The zero-order chi connectivity index (χ0) is 10.4. The molecule has 0 aromatic carbocycles. The predicted molar refractivity (Wildman–Crippen MR) is 37.7 cm³/mol. The lowest BCUT2D eigenvalue weighted by Gasteiger charge is -2.25. The van der Waals surface area contributed by atoms with E-state index in [1.807, 2.05) is 0 Å². The van der Waals surface area contributed by atoms with Crippen LogP contribution in [0, 0.1) is 5.92 Å². The molecular weight excluding hydrogens is 178 g/mol. The van der Waals surface area contributed by atoms with Crippen LogP contribution in [-0.2, 0) is 14.4 Å². The van der Waals surface area contributed by atoms with Gasteiger partial charge in [-0.2, -0.15) is 5.48 Å². The number of rotatable bonds is 6. The third-order valence-corrected chi connectivity index (χ3v) is 1.48. The Morgan fingerprint density at radius 2 is 1.92 bits per heavy atom. The lowest BCUT2D eigenvalue weighted by atomic mass is 10.0. The molecule has 0 aliphatic carbocycles. The Bertz CT molecular complexity index is 193. The molecule has 0 heterocycles. The van der Waals surface area contributed by atoms with Crippen molar-refractivity contribution in [1.82, 2.24) is 5.48 Å². The Morgan fingerprint density at radius 3 is 2.23 bits per heavy atom. The van der Waals surface area contributed by atoms with Crippen molar-refractivity contribution >= 4 is 11.9 Å². The number of aliphatic carboxylic acids is 2. The molecule has 2 unspecified atom stereocenters. The van der Waals surface area contributed by atoms with Gasteiger partial charge in [-0.3, -0.25) is 0 Å². The molecule has 0 aliphatic heterocycles. The summed E-state index contributed by atoms with van der Waals surface area (Å²) in [4.78, 5) is 25.3. The SMILES string of the molecule is CCONC(C(=O)[O-])C(C)C(=O)[O-]. The fraction of sp³-hybridized carbons (Fsp3) is 0.714. The van der Waals surface area contributed by atoms with Crippen molar-refractivity contribution in [2.24, 2.45) is 5.92 Å². The third kappa shape index (κ3) is 3.86. The molecule has 0 amide bonds. The highest BCUT2D eigenvalue weighted by molar-refractivity contribution is 5.80. The fourth-order valence-electron chi connectivity index (χ4n) is 0.663. The monoisotopic (exact) mass is 189 g/mol. The van der Waals surface area contributed by atoms with Gasteiger partial charge in [-0.05, 0) is 6.92 Å². The zero-order valence-electron chi connectivity index (χ0n) is 7.40. The summed E-state index contributed by atoms with van der Waals surface area (Å²) < 4.78 is 0. The van der Waals surface area contributed by atoms with Gasteiger partial charge in [-0.25, -0.2) is 0 Å². The maximum Gasteiger partial charge on any atom is 0.0794 e. The zero-order valence-corrected chi connectivity index (χ0v) is 7.40. The van der Waals surface area contributed by atoms with Crippen LogP contribution < -0.4 is 15.7 Å². The number of hydroxylamine groups is 1. The van der Waals surface area contributed by atoms with E-state index in [-0.39, 0.29) is 6.61 Å². The number of carboxylic acids is 2. The van der Waals surface area contributed by atoms with Gasteiger partial charge in [0.1, 0.15) is 0 Å². The van der Waals surface area contributed by atoms with Crippen LogP contribution in [0.2, 0.25) is 0 Å². The molecule has 0 spiro atoms. The lowest BCUT2D eigenvalue weighted by molar-refractivity contribution is -0.325. The molecule has 6 nitrogen and oxygen atoms in total. The highest BCUT2D eigenvalue weighted by atomic mass is 16.6. The minimum atomic E-state index is -1.54. The first kappa shape index (κ1) is 11.9. The van der Waals surface area contributed by atoms with Crippen molar-refractivity contribution in [1.29, 1.82) is 0 Å². The van der Waals surface area contributed by atoms with E-state index in [0.29, 0.717) is 0 Å². The van der Waals surface area contributed by atoms with E-state index in [9.17, 15) is 19.8 Å². The molecule has 0 aromatic rings. The Kier molecular flexibility index (Phi) is 5.01. The normalized spacial score (nSPS) is 14.9. The van der Waals surface area contributed by atoms with Crippen molar-refractivity contribution < 1.29 is 24.6 Å². The summed E-state index contributed by atoms with van der Waals surface area (Å²) in [5, 5.41) is 20.7. The van der Waals surface area contributed by atoms with Crippen LogP contribution in [0.1, 0.15) is 13.8 Å². The van der Waals surface area contributed by atoms with E-state index in [4.69, 9.17) is 0 Å². The van der Waals surface area contributed by atoms with Crippen LogP contribution in [0.3, 0.4) is 0 Å². The number of nitrogens with one attached hydrogen (secondary N) is 1. The largest absolute Gasteiger partial charge is 0.550 e. The molecule has 0 rings (SSSR count). The molecule has 13 heavy (non-hydrogen) atoms. The number of carbonyl (C=O) groups is 2. The first-order chi connectivity index (χ1) is 6.00. The molecule has 0 aliphatic rings. The summed E-state index contributed by atoms with van der Waals surface area (Å²) in [6, 6.07) is -1.40. The number of hydrogen-bond donors (Lipinski definition) is 1. The lowest BCUT2D eigenvalue weighted by Crippen LogP contribution is -2.53. The second-order valence-electron chi connectivity index (χ2n) is 2.46. The molecule has 0 aromatic heterocycles. The van der Waals surface area contributed by atoms with Crippen LogP contribution in [0.15, 0.2) is 0 Å². The van der Waals surface area contributed by atoms with Gasteiger partial charge in [-0.1, -0.05) is 6.92 Å². The van der Waals surface area contributed by atoms with Gasteiger partial charge in [0.25, 0.3) is 0 Å². The van der Waals surface area contributed by atoms with E-state index in [1.165, 1.54) is 6.92 Å². The summed E-state index contributed by atoms with van der Waals surface area (Å²) in [7, 11) is 0. The highest BCUT2D eigenvalue weighted by Gasteiger charge is 2.19. The minimum absolute atomic E-state index is 0.226. The van der Waals surface area contributed by atoms with Crippen molar-refractivity contribution in [3.8, 4) is 0 Å². The minimum Gasteiger partial charge on any atom is -0.550 e. The highest BCUT2D eigenvalue weighted by Crippen LogP contribution is 2.00. The van der Waals surface area contributed by atoms with Gasteiger partial charge in [-0.15, -0.1) is 0 Å². The summed E-state index contributed by atoms with van der Waals surface area (Å²) in [6.07, 6.45) is 0. The van der Waals surface area contributed by atoms with Gasteiger partial charge in [0.15, 0.2) is 0 Å². The number of carboxylic acid groups (broad SMARTS) is 2. The van der Waals surface area contributed by atoms with Crippen LogP contribution >= 0.6 is 0 Å². The van der Waals surface area contributed by atoms with Crippen molar-refractivity contribution in [2.45, 2.75) is 19.9 Å². The molecular formula is C7H11NO5-2. The van der Waals surface area contributed by atoms with E-state index >= 15 is 0 Å². The topological polar surface area (TPSA) is 102 Å². The van der Waals surface area contributed by atoms with Crippen LogP contribution in [0.5, 0.6) is 0 Å². The van der Waals surface area contributed by atoms with Crippen LogP contribution in [0.4, 0.5) is 0 Å². The molecule has 0 fully saturated rings. The Hall–Kier alpha value is -1.14. The summed E-state index contributed by atoms with van der Waals surface area (Å²) in [5.41, 5.74) is 2.07. The van der Waals surface area contributed by atoms with Gasteiger partial charge in [0.2, 0.25) is 0 Å². The third-order valence-electron chi connectivity index (χ3n) is 1.48. The van der Waals surface area contributed by atoms with E-state index in [0.717, 1.165) is 0 Å². The smallest absolute Gasteiger partial charge is 0.0794 e. The molecule has 0 bridgehead atoms. The maximum absolute atomic E-state index is 10.4. The molecule has 1 N–H and O–H groups in total. The molecule has 0 saturated carbocycles. The molecule has 0 saturated heterocycles. The first-order valence-corrected chi connectivity index (χ1v) is 3.79. The first-order valence-electron chi connectivity index (χ1n) is 3.79. The average molecular weight is 189 g/mol. The second kappa shape index (κ2) is 5.50. The molecule has 6 heteroatoms. The van der Waals surface area contributed by atoms with Gasteiger partial charge < -0.3 is 24.6 Å². The second-order valence-corrected chi connectivity index (χ2v) is 2.46. The summed E-state index contributed by atoms with van der Waals surface area (Å²) in [5.74, 6) is -4.22. The Labute approximate surface area is 75.5 Å². The van der Waals surface area contributed by atoms with Crippen molar-refractivity contribution in [2.75, 3.05) is 6.61 Å². The van der Waals surface area contributed by atoms with Crippen molar-refractivity contribution in [3.05, 3.63) is 0 Å². The molecule has 2 atom stereocenters. The number of carbonyl (C=O) groups excluding carboxylic acids is 2. The fourth-order valence-corrected chi connectivity index (χ4v) is 0.663. The van der Waals surface area contributed by atoms with Crippen LogP contribution in [-0.4, -0.2) is 24.6 Å². The average Bonchev–Trinajstić information content (AvgIpc) is 2.04. The quantitative estimate of drug-likeness (QED) is 0.448. The summed E-state index contributed by atoms with van der Waals surface area (Å²) >= 11 is 0. The molecule has 0 radical (unpaired) electrons. The van der Waals surface area contributed by atoms with Gasteiger partial charge >= 0.3 is 0 Å². The van der Waals surface area contributed by atoms with E-state index in [2.05, 4.69) is 10.3 Å². The van der Waals surface area contributed by atoms with Crippen molar-refractivity contribution in [3.63, 3.8) is 0 Å². The summed E-state index contributed by atoms with van der Waals surface area (Å²) in [6.45, 7) is 3.05. The maximum atomic E-state index is 10.4. The number of hydrogen-bond acceptors (Lipinski definition) is 6. The van der Waals surface area contributed by atoms with E-state index < -0.39 is 23.9 Å². The van der Waals surface area contributed by atoms with E-state index in [1.54, 1.807) is 6.92 Å². The Balaban J connectivity index is 4.24. The van der Waals surface area contributed by atoms with Gasteiger partial charge in [0.05, 0.1) is 18.6 Å². The predicted octanol–water partition coefficient (Wildman–Crippen LogP) is -2.97. The van der Waals surface area contributed by atoms with Crippen LogP contribution in [0.25, 0.3) is 0 Å². The van der Waals surface area contributed by atoms with Gasteiger partial charge in [0, 0.05) is 11.9 Å².